The maximum Gasteiger partial charge on any atom is 0.199 e. The van der Waals surface area contributed by atoms with E-state index in [1.807, 2.05) is 18.2 Å². The molecule has 96 valence electrons. The standard InChI is InChI=1S/C15H18ClNO/c16-15-13(10-17-11-6-2-1-3-7-11)12-8-4-5-9-14(12)18-15/h4-5,8-9,11,17H,1-3,6-7,10H2. The highest BCUT2D eigenvalue weighted by Crippen LogP contribution is 2.29. The van der Waals surface area contributed by atoms with Gasteiger partial charge in [0.15, 0.2) is 5.22 Å². The smallest absolute Gasteiger partial charge is 0.199 e. The van der Waals surface area contributed by atoms with Gasteiger partial charge in [0.2, 0.25) is 0 Å². The van der Waals surface area contributed by atoms with E-state index < -0.39 is 0 Å². The third-order valence-corrected chi connectivity index (χ3v) is 4.13. The number of nitrogens with one attached hydrogen (secondary N) is 1. The largest absolute Gasteiger partial charge is 0.444 e. The minimum absolute atomic E-state index is 0.527. The van der Waals surface area contributed by atoms with E-state index in [2.05, 4.69) is 11.4 Å². The number of fused-ring (bicyclic) bond motifs is 1. The molecule has 1 aromatic heterocycles. The summed E-state index contributed by atoms with van der Waals surface area (Å²) in [6, 6.07) is 8.68. The molecule has 1 heterocycles. The lowest BCUT2D eigenvalue weighted by molar-refractivity contribution is 0.372. The summed E-state index contributed by atoms with van der Waals surface area (Å²) in [6.45, 7) is 0.806. The summed E-state index contributed by atoms with van der Waals surface area (Å²) in [5.41, 5.74) is 1.97. The molecule has 1 N–H and O–H groups in total. The van der Waals surface area contributed by atoms with Gasteiger partial charge in [0.1, 0.15) is 5.58 Å². The molecule has 0 spiro atoms. The van der Waals surface area contributed by atoms with Gasteiger partial charge in [0.05, 0.1) is 0 Å². The van der Waals surface area contributed by atoms with Crippen molar-refractivity contribution in [1.29, 1.82) is 0 Å². The molecule has 0 aliphatic heterocycles. The van der Waals surface area contributed by atoms with E-state index in [9.17, 15) is 0 Å². The Kier molecular flexibility index (Phi) is 3.57. The van der Waals surface area contributed by atoms with Gasteiger partial charge < -0.3 is 9.73 Å². The normalized spacial score (nSPS) is 17.4. The molecule has 2 nitrogen and oxygen atoms in total. The van der Waals surface area contributed by atoms with Crippen molar-refractivity contribution in [3.05, 3.63) is 35.0 Å². The SMILES string of the molecule is Clc1oc2ccccc2c1CNC1CCCCC1. The van der Waals surface area contributed by atoms with Gasteiger partial charge in [-0.25, -0.2) is 0 Å². The van der Waals surface area contributed by atoms with Gasteiger partial charge in [0.25, 0.3) is 0 Å². The average molecular weight is 264 g/mol. The third-order valence-electron chi connectivity index (χ3n) is 3.82. The summed E-state index contributed by atoms with van der Waals surface area (Å²) in [4.78, 5) is 0. The van der Waals surface area contributed by atoms with Crippen LogP contribution in [-0.4, -0.2) is 6.04 Å². The number of benzene rings is 1. The van der Waals surface area contributed by atoms with E-state index in [-0.39, 0.29) is 0 Å². The summed E-state index contributed by atoms with van der Waals surface area (Å²) in [5.74, 6) is 0. The van der Waals surface area contributed by atoms with Gasteiger partial charge in [-0.1, -0.05) is 37.5 Å². The van der Waals surface area contributed by atoms with Crippen LogP contribution in [-0.2, 0) is 6.54 Å². The first-order chi connectivity index (χ1) is 8.84. The van der Waals surface area contributed by atoms with Crippen molar-refractivity contribution < 1.29 is 4.42 Å². The molecule has 1 fully saturated rings. The second kappa shape index (κ2) is 5.33. The monoisotopic (exact) mass is 263 g/mol. The maximum atomic E-state index is 6.18. The summed E-state index contributed by atoms with van der Waals surface area (Å²) in [7, 11) is 0. The van der Waals surface area contributed by atoms with Crippen molar-refractivity contribution >= 4 is 22.6 Å². The quantitative estimate of drug-likeness (QED) is 0.881. The van der Waals surface area contributed by atoms with Gasteiger partial charge in [0, 0.05) is 23.5 Å². The number of furan rings is 1. The molecule has 3 heteroatoms. The number of hydrogen-bond donors (Lipinski definition) is 1. The molecular weight excluding hydrogens is 246 g/mol. The molecule has 1 aromatic carbocycles. The van der Waals surface area contributed by atoms with Gasteiger partial charge in [-0.15, -0.1) is 0 Å². The Balaban J connectivity index is 1.75. The molecule has 3 rings (SSSR count). The Morgan fingerprint density at radius 2 is 1.94 bits per heavy atom. The first kappa shape index (κ1) is 12.1. The Morgan fingerprint density at radius 1 is 1.17 bits per heavy atom. The number of rotatable bonds is 3. The number of hydrogen-bond acceptors (Lipinski definition) is 2. The van der Waals surface area contributed by atoms with E-state index >= 15 is 0 Å². The maximum absolute atomic E-state index is 6.18. The van der Waals surface area contributed by atoms with Crippen LogP contribution in [0.2, 0.25) is 5.22 Å². The van der Waals surface area contributed by atoms with Crippen LogP contribution < -0.4 is 5.32 Å². The van der Waals surface area contributed by atoms with E-state index in [1.165, 1.54) is 32.1 Å². The second-order valence-electron chi connectivity index (χ2n) is 5.07. The zero-order valence-corrected chi connectivity index (χ0v) is 11.2. The highest BCUT2D eigenvalue weighted by molar-refractivity contribution is 6.30. The predicted molar refractivity (Wildman–Crippen MR) is 74.9 cm³/mol. The highest BCUT2D eigenvalue weighted by Gasteiger charge is 2.16. The van der Waals surface area contributed by atoms with Crippen LogP contribution in [0.5, 0.6) is 0 Å². The number of halogens is 1. The van der Waals surface area contributed by atoms with Gasteiger partial charge in [-0.2, -0.15) is 0 Å². The van der Waals surface area contributed by atoms with Crippen molar-refractivity contribution in [1.82, 2.24) is 5.32 Å². The van der Waals surface area contributed by atoms with E-state index in [0.717, 1.165) is 23.1 Å². The molecule has 1 aliphatic rings. The van der Waals surface area contributed by atoms with Crippen LogP contribution in [0.1, 0.15) is 37.7 Å². The fourth-order valence-electron chi connectivity index (χ4n) is 2.79. The Bertz CT molecular complexity index is 528. The molecule has 1 saturated carbocycles. The highest BCUT2D eigenvalue weighted by atomic mass is 35.5. The lowest BCUT2D eigenvalue weighted by Gasteiger charge is -2.22. The Hall–Kier alpha value is -0.990. The molecule has 0 bridgehead atoms. The Morgan fingerprint density at radius 3 is 2.78 bits per heavy atom. The van der Waals surface area contributed by atoms with E-state index in [4.69, 9.17) is 16.0 Å². The van der Waals surface area contributed by atoms with Crippen LogP contribution in [0, 0.1) is 0 Å². The zero-order chi connectivity index (χ0) is 12.4. The number of para-hydroxylation sites is 1. The fourth-order valence-corrected chi connectivity index (χ4v) is 3.04. The third kappa shape index (κ3) is 2.40. The molecule has 0 atom stereocenters. The molecule has 1 aliphatic carbocycles. The van der Waals surface area contributed by atoms with Crippen LogP contribution in [0.25, 0.3) is 11.0 Å². The lowest BCUT2D eigenvalue weighted by atomic mass is 9.95. The Labute approximate surface area is 112 Å². The van der Waals surface area contributed by atoms with Crippen LogP contribution >= 0.6 is 11.6 Å². The molecule has 0 saturated heterocycles. The van der Waals surface area contributed by atoms with Crippen molar-refractivity contribution in [2.24, 2.45) is 0 Å². The van der Waals surface area contributed by atoms with Gasteiger partial charge >= 0.3 is 0 Å². The molecule has 2 aromatic rings. The minimum Gasteiger partial charge on any atom is -0.444 e. The summed E-state index contributed by atoms with van der Waals surface area (Å²) in [5, 5.41) is 5.27. The van der Waals surface area contributed by atoms with Gasteiger partial charge in [-0.3, -0.25) is 0 Å². The topological polar surface area (TPSA) is 25.2 Å². The van der Waals surface area contributed by atoms with Crippen molar-refractivity contribution in [3.63, 3.8) is 0 Å². The average Bonchev–Trinajstić information content (AvgIpc) is 2.73. The first-order valence-electron chi connectivity index (χ1n) is 6.74. The molecule has 18 heavy (non-hydrogen) atoms. The van der Waals surface area contributed by atoms with Crippen molar-refractivity contribution in [2.75, 3.05) is 0 Å². The summed E-state index contributed by atoms with van der Waals surface area (Å²) < 4.78 is 5.56. The lowest BCUT2D eigenvalue weighted by Crippen LogP contribution is -2.30. The second-order valence-corrected chi connectivity index (χ2v) is 5.41. The van der Waals surface area contributed by atoms with Crippen molar-refractivity contribution in [3.8, 4) is 0 Å². The first-order valence-corrected chi connectivity index (χ1v) is 7.11. The molecule has 0 unspecified atom stereocenters. The molecule has 0 radical (unpaired) electrons. The van der Waals surface area contributed by atoms with Gasteiger partial charge in [-0.05, 0) is 30.5 Å². The molecular formula is C15H18ClNO. The molecule has 0 amide bonds. The predicted octanol–water partition coefficient (Wildman–Crippen LogP) is 4.51. The summed E-state index contributed by atoms with van der Waals surface area (Å²) >= 11 is 6.18. The van der Waals surface area contributed by atoms with Crippen LogP contribution in [0.15, 0.2) is 28.7 Å². The fraction of sp³-hybridized carbons (Fsp3) is 0.467. The van der Waals surface area contributed by atoms with Crippen LogP contribution in [0.3, 0.4) is 0 Å². The van der Waals surface area contributed by atoms with E-state index in [0.29, 0.717) is 11.3 Å². The summed E-state index contributed by atoms with van der Waals surface area (Å²) in [6.07, 6.45) is 6.64. The van der Waals surface area contributed by atoms with Crippen molar-refractivity contribution in [2.45, 2.75) is 44.7 Å². The minimum atomic E-state index is 0.527. The zero-order valence-electron chi connectivity index (χ0n) is 10.4. The van der Waals surface area contributed by atoms with E-state index in [1.54, 1.807) is 0 Å². The van der Waals surface area contributed by atoms with Crippen LogP contribution in [0.4, 0.5) is 0 Å².